The smallest absolute Gasteiger partial charge is 0.251 e. The van der Waals surface area contributed by atoms with Crippen LogP contribution in [-0.4, -0.2) is 44.9 Å². The van der Waals surface area contributed by atoms with Gasteiger partial charge < -0.3 is 15.4 Å². The Morgan fingerprint density at radius 2 is 1.66 bits per heavy atom. The molecule has 7 nitrogen and oxygen atoms in total. The highest BCUT2D eigenvalue weighted by atomic mass is 32.2. The minimum absolute atomic E-state index is 0.0926. The molecule has 1 saturated heterocycles. The van der Waals surface area contributed by atoms with Gasteiger partial charge in [-0.05, 0) is 48.7 Å². The number of carbonyl (C=O) groups excluding carboxylic acids is 1. The number of sulfonamides is 1. The SMILES string of the molecule is Cc1ccc(CNc2ccc(C(=O)NCc3ccccc3C)cc2S(=O)(=O)N2CCOCC2)cc1. The first-order valence-corrected chi connectivity index (χ1v) is 13.1. The van der Waals surface area contributed by atoms with Crippen LogP contribution in [0.4, 0.5) is 5.69 Å². The number of morpholine rings is 1. The first kappa shape index (κ1) is 24.9. The third-order valence-electron chi connectivity index (χ3n) is 6.14. The van der Waals surface area contributed by atoms with Crippen molar-refractivity contribution in [3.63, 3.8) is 0 Å². The molecule has 0 aliphatic carbocycles. The summed E-state index contributed by atoms with van der Waals surface area (Å²) in [7, 11) is -3.82. The van der Waals surface area contributed by atoms with Gasteiger partial charge in [-0.25, -0.2) is 8.42 Å². The molecule has 0 saturated carbocycles. The first-order valence-electron chi connectivity index (χ1n) is 11.7. The molecule has 3 aromatic carbocycles. The summed E-state index contributed by atoms with van der Waals surface area (Å²) < 4.78 is 33.9. The van der Waals surface area contributed by atoms with Gasteiger partial charge in [0, 0.05) is 31.7 Å². The minimum atomic E-state index is -3.82. The number of ether oxygens (including phenoxy) is 1. The second-order valence-electron chi connectivity index (χ2n) is 8.68. The molecule has 4 rings (SSSR count). The highest BCUT2D eigenvalue weighted by molar-refractivity contribution is 7.89. The van der Waals surface area contributed by atoms with Gasteiger partial charge in [-0.1, -0.05) is 54.1 Å². The zero-order valence-corrected chi connectivity index (χ0v) is 20.9. The van der Waals surface area contributed by atoms with E-state index in [2.05, 4.69) is 10.6 Å². The Bertz CT molecular complexity index is 1280. The normalized spacial score (nSPS) is 14.5. The Morgan fingerprint density at radius 1 is 0.943 bits per heavy atom. The topological polar surface area (TPSA) is 87.7 Å². The van der Waals surface area contributed by atoms with Crippen molar-refractivity contribution in [2.75, 3.05) is 31.6 Å². The maximum Gasteiger partial charge on any atom is 0.251 e. The van der Waals surface area contributed by atoms with Crippen molar-refractivity contribution < 1.29 is 17.9 Å². The number of rotatable bonds is 8. The number of amides is 1. The highest BCUT2D eigenvalue weighted by Gasteiger charge is 2.29. The summed E-state index contributed by atoms with van der Waals surface area (Å²) >= 11 is 0. The van der Waals surface area contributed by atoms with E-state index in [1.54, 1.807) is 12.1 Å². The van der Waals surface area contributed by atoms with Crippen LogP contribution in [0.5, 0.6) is 0 Å². The quantitative estimate of drug-likeness (QED) is 0.498. The Labute approximate surface area is 207 Å². The van der Waals surface area contributed by atoms with Gasteiger partial charge in [0.25, 0.3) is 5.91 Å². The third kappa shape index (κ3) is 6.08. The van der Waals surface area contributed by atoms with Crippen molar-refractivity contribution in [2.45, 2.75) is 31.8 Å². The van der Waals surface area contributed by atoms with Crippen LogP contribution < -0.4 is 10.6 Å². The lowest BCUT2D eigenvalue weighted by molar-refractivity contribution is 0.0730. The third-order valence-corrected chi connectivity index (χ3v) is 8.07. The highest BCUT2D eigenvalue weighted by Crippen LogP contribution is 2.27. The van der Waals surface area contributed by atoms with Crippen molar-refractivity contribution >= 4 is 21.6 Å². The fraction of sp³-hybridized carbons (Fsp3) is 0.296. The van der Waals surface area contributed by atoms with Crippen LogP contribution in [0.25, 0.3) is 0 Å². The standard InChI is InChI=1S/C27H31N3O4S/c1-20-7-9-22(10-8-20)18-28-25-12-11-23(27(31)29-19-24-6-4-3-5-21(24)2)17-26(25)35(32,33)30-13-15-34-16-14-30/h3-12,17,28H,13-16,18-19H2,1-2H3,(H,29,31). The number of hydrogen-bond acceptors (Lipinski definition) is 5. The van der Waals surface area contributed by atoms with Crippen molar-refractivity contribution in [3.8, 4) is 0 Å². The van der Waals surface area contributed by atoms with E-state index in [1.165, 1.54) is 10.4 Å². The molecule has 1 heterocycles. The average molecular weight is 494 g/mol. The number of nitrogens with one attached hydrogen (secondary N) is 2. The van der Waals surface area contributed by atoms with Gasteiger partial charge in [0.1, 0.15) is 4.90 Å². The van der Waals surface area contributed by atoms with Gasteiger partial charge in [-0.2, -0.15) is 4.31 Å². The van der Waals surface area contributed by atoms with Crippen molar-refractivity contribution in [2.24, 2.45) is 0 Å². The van der Waals surface area contributed by atoms with Crippen molar-refractivity contribution in [1.82, 2.24) is 9.62 Å². The van der Waals surface area contributed by atoms with Crippen LogP contribution in [0.1, 0.15) is 32.6 Å². The summed E-state index contributed by atoms with van der Waals surface area (Å²) in [6, 6.07) is 20.7. The largest absolute Gasteiger partial charge is 0.380 e. The van der Waals surface area contributed by atoms with Gasteiger partial charge in [0.15, 0.2) is 0 Å². The number of hydrogen-bond donors (Lipinski definition) is 2. The van der Waals surface area contributed by atoms with E-state index < -0.39 is 10.0 Å². The fourth-order valence-electron chi connectivity index (χ4n) is 3.94. The summed E-state index contributed by atoms with van der Waals surface area (Å²) in [6.07, 6.45) is 0. The molecule has 1 fully saturated rings. The Balaban J connectivity index is 1.60. The van der Waals surface area contributed by atoms with E-state index in [4.69, 9.17) is 4.74 Å². The lowest BCUT2D eigenvalue weighted by Crippen LogP contribution is -2.41. The summed E-state index contributed by atoms with van der Waals surface area (Å²) in [5.74, 6) is -0.322. The molecule has 0 bridgehead atoms. The van der Waals surface area contributed by atoms with E-state index in [9.17, 15) is 13.2 Å². The molecule has 0 unspecified atom stereocenters. The maximum atomic E-state index is 13.6. The fourth-order valence-corrected chi connectivity index (χ4v) is 5.54. The molecule has 0 atom stereocenters. The average Bonchev–Trinajstić information content (AvgIpc) is 2.88. The molecular weight excluding hydrogens is 462 g/mol. The van der Waals surface area contributed by atoms with Gasteiger partial charge in [-0.15, -0.1) is 0 Å². The molecule has 1 amide bonds. The van der Waals surface area contributed by atoms with Gasteiger partial charge >= 0.3 is 0 Å². The molecule has 2 N–H and O–H groups in total. The van der Waals surface area contributed by atoms with E-state index in [0.717, 1.165) is 22.3 Å². The molecule has 1 aliphatic heterocycles. The van der Waals surface area contributed by atoms with Gasteiger partial charge in [0.2, 0.25) is 10.0 Å². The van der Waals surface area contributed by atoms with E-state index in [1.807, 2.05) is 62.4 Å². The number of nitrogens with zero attached hydrogens (tertiary/aromatic N) is 1. The Hall–Kier alpha value is -3.20. The molecule has 8 heteroatoms. The number of carbonyl (C=O) groups is 1. The summed E-state index contributed by atoms with van der Waals surface area (Å²) in [5, 5.41) is 6.17. The second kappa shape index (κ2) is 11.0. The molecule has 0 aromatic heterocycles. The van der Waals surface area contributed by atoms with Crippen LogP contribution in [0.15, 0.2) is 71.6 Å². The monoisotopic (exact) mass is 493 g/mol. The van der Waals surface area contributed by atoms with E-state index in [0.29, 0.717) is 37.6 Å². The summed E-state index contributed by atoms with van der Waals surface area (Å²) in [4.78, 5) is 13.0. The van der Waals surface area contributed by atoms with E-state index in [-0.39, 0.29) is 23.9 Å². The van der Waals surface area contributed by atoms with Crippen molar-refractivity contribution in [1.29, 1.82) is 0 Å². The molecule has 1 aliphatic rings. The van der Waals surface area contributed by atoms with Crippen LogP contribution in [0.3, 0.4) is 0 Å². The number of anilines is 1. The van der Waals surface area contributed by atoms with Crippen LogP contribution >= 0.6 is 0 Å². The minimum Gasteiger partial charge on any atom is -0.380 e. The summed E-state index contributed by atoms with van der Waals surface area (Å²) in [5.41, 5.74) is 5.05. The van der Waals surface area contributed by atoms with Gasteiger partial charge in [0.05, 0.1) is 18.9 Å². The molecular formula is C27H31N3O4S. The van der Waals surface area contributed by atoms with Crippen LogP contribution in [0.2, 0.25) is 0 Å². The van der Waals surface area contributed by atoms with Crippen LogP contribution in [0, 0.1) is 13.8 Å². The zero-order chi connectivity index (χ0) is 24.8. The number of benzene rings is 3. The predicted octanol–water partition coefficient (Wildman–Crippen LogP) is 3.87. The molecule has 184 valence electrons. The van der Waals surface area contributed by atoms with Crippen molar-refractivity contribution in [3.05, 3.63) is 94.5 Å². The first-order chi connectivity index (χ1) is 16.8. The second-order valence-corrected chi connectivity index (χ2v) is 10.6. The number of aryl methyl sites for hydroxylation is 2. The summed E-state index contributed by atoms with van der Waals surface area (Å²) in [6.45, 7) is 6.10. The predicted molar refractivity (Wildman–Crippen MR) is 137 cm³/mol. The van der Waals surface area contributed by atoms with Gasteiger partial charge in [-0.3, -0.25) is 4.79 Å². The van der Waals surface area contributed by atoms with E-state index >= 15 is 0 Å². The Kier molecular flexibility index (Phi) is 7.85. The molecule has 0 radical (unpaired) electrons. The lowest BCUT2D eigenvalue weighted by atomic mass is 10.1. The molecule has 3 aromatic rings. The molecule has 35 heavy (non-hydrogen) atoms. The maximum absolute atomic E-state index is 13.6. The zero-order valence-electron chi connectivity index (χ0n) is 20.1. The van der Waals surface area contributed by atoms with Crippen LogP contribution in [-0.2, 0) is 27.8 Å². The molecule has 0 spiro atoms. The Morgan fingerprint density at radius 3 is 2.37 bits per heavy atom. The lowest BCUT2D eigenvalue weighted by Gasteiger charge is -2.27.